The molecule has 3 amide bonds. The second kappa shape index (κ2) is 12.0. The maximum absolute atomic E-state index is 14.6. The number of anilines is 1. The zero-order valence-electron chi connectivity index (χ0n) is 25.0. The molecule has 3 saturated heterocycles. The van der Waals surface area contributed by atoms with E-state index in [-0.39, 0.29) is 30.9 Å². The molecule has 0 aromatic heterocycles. The van der Waals surface area contributed by atoms with Gasteiger partial charge in [-0.25, -0.2) is 0 Å². The minimum Gasteiger partial charge on any atom is -0.494 e. The summed E-state index contributed by atoms with van der Waals surface area (Å²) >= 11 is 0. The molecule has 3 fully saturated rings. The third-order valence-electron chi connectivity index (χ3n) is 9.61. The molecule has 1 spiro atoms. The fourth-order valence-electron chi connectivity index (χ4n) is 7.56. The van der Waals surface area contributed by atoms with Gasteiger partial charge in [-0.3, -0.25) is 19.3 Å². The Bertz CT molecular complexity index is 1280. The molecule has 1 aromatic rings. The molecule has 5 aliphatic heterocycles. The number of benzene rings is 1. The molecule has 5 aliphatic rings. The molecule has 0 radical (unpaired) electrons. The molecule has 0 aliphatic carbocycles. The van der Waals surface area contributed by atoms with Crippen molar-refractivity contribution in [3.63, 3.8) is 0 Å². The van der Waals surface area contributed by atoms with Crippen LogP contribution in [0.15, 0.2) is 48.6 Å². The van der Waals surface area contributed by atoms with Crippen molar-refractivity contribution in [1.82, 2.24) is 14.7 Å². The zero-order valence-corrected chi connectivity index (χ0v) is 25.0. The largest absolute Gasteiger partial charge is 0.494 e. The first kappa shape index (κ1) is 29.8. The first-order valence-electron chi connectivity index (χ1n) is 15.5. The molecule has 1 N–H and O–H groups in total. The highest BCUT2D eigenvalue weighted by Gasteiger charge is 2.75. The van der Waals surface area contributed by atoms with Crippen LogP contribution in [0.5, 0.6) is 5.75 Å². The van der Waals surface area contributed by atoms with E-state index in [1.165, 1.54) is 4.90 Å². The molecule has 6 rings (SSSR count). The minimum absolute atomic E-state index is 0.0134. The summed E-state index contributed by atoms with van der Waals surface area (Å²) in [7, 11) is 0. The Morgan fingerprint density at radius 1 is 0.907 bits per heavy atom. The van der Waals surface area contributed by atoms with Crippen LogP contribution in [0.3, 0.4) is 0 Å². The molecular formula is C32H42N4O7. The summed E-state index contributed by atoms with van der Waals surface area (Å²) in [6.07, 6.45) is 8.08. The Hall–Kier alpha value is -3.25. The van der Waals surface area contributed by atoms with Crippen LogP contribution < -0.4 is 9.64 Å². The normalized spacial score (nSPS) is 32.5. The number of likely N-dealkylation sites (tertiary alicyclic amines) is 1. The van der Waals surface area contributed by atoms with Crippen LogP contribution in [0, 0.1) is 11.8 Å². The summed E-state index contributed by atoms with van der Waals surface area (Å²) in [4.78, 5) is 50.4. The van der Waals surface area contributed by atoms with E-state index in [2.05, 4.69) is 4.90 Å². The first-order valence-corrected chi connectivity index (χ1v) is 15.5. The summed E-state index contributed by atoms with van der Waals surface area (Å²) < 4.78 is 18.0. The van der Waals surface area contributed by atoms with E-state index in [4.69, 9.17) is 14.2 Å². The van der Waals surface area contributed by atoms with Gasteiger partial charge in [-0.1, -0.05) is 31.2 Å². The van der Waals surface area contributed by atoms with Gasteiger partial charge in [-0.15, -0.1) is 0 Å². The average molecular weight is 595 g/mol. The fourth-order valence-corrected chi connectivity index (χ4v) is 7.56. The molecule has 0 saturated carbocycles. The van der Waals surface area contributed by atoms with Crippen molar-refractivity contribution in [1.29, 1.82) is 0 Å². The molecule has 1 aromatic carbocycles. The Balaban J connectivity index is 1.35. The van der Waals surface area contributed by atoms with Gasteiger partial charge in [-0.2, -0.15) is 0 Å². The summed E-state index contributed by atoms with van der Waals surface area (Å²) in [5.74, 6) is -1.82. The van der Waals surface area contributed by atoms with Crippen molar-refractivity contribution in [3.8, 4) is 5.75 Å². The number of aliphatic hydroxyl groups excluding tert-OH is 1. The topological polar surface area (TPSA) is 112 Å². The molecule has 0 bridgehead atoms. The van der Waals surface area contributed by atoms with Crippen LogP contribution >= 0.6 is 0 Å². The number of hydrogen-bond acceptors (Lipinski definition) is 8. The van der Waals surface area contributed by atoms with E-state index >= 15 is 0 Å². The number of β-amino-alcohol motifs (C(OH)–C–C–N with tert-alkyl or cyclic N) is 1. The maximum atomic E-state index is 14.6. The van der Waals surface area contributed by atoms with Crippen LogP contribution in [0.1, 0.15) is 20.3 Å². The molecule has 1 unspecified atom stereocenters. The molecule has 232 valence electrons. The SMILES string of the molecule is CCOc1ccc(N2CC=C[C@@]3(CC)O[C@]45C=CCN(CCN6CCOCC6)C(=O)C4N(CCO)C(=O)[C@@H]5[C@H]3C2=O)cc1. The van der Waals surface area contributed by atoms with Crippen LogP contribution in [-0.2, 0) is 23.9 Å². The number of carbonyl (C=O) groups is 3. The van der Waals surface area contributed by atoms with Crippen molar-refractivity contribution < 1.29 is 33.7 Å². The maximum Gasteiger partial charge on any atom is 0.249 e. The summed E-state index contributed by atoms with van der Waals surface area (Å²) in [5, 5.41) is 9.98. The zero-order chi connectivity index (χ0) is 30.2. The molecule has 11 heteroatoms. The van der Waals surface area contributed by atoms with Crippen molar-refractivity contribution in [2.24, 2.45) is 11.8 Å². The van der Waals surface area contributed by atoms with Crippen LogP contribution in [0.4, 0.5) is 5.69 Å². The third-order valence-corrected chi connectivity index (χ3v) is 9.61. The van der Waals surface area contributed by atoms with Crippen molar-refractivity contribution >= 4 is 23.4 Å². The minimum atomic E-state index is -1.33. The summed E-state index contributed by atoms with van der Waals surface area (Å²) in [6, 6.07) is 6.38. The number of morpholine rings is 1. The monoisotopic (exact) mass is 594 g/mol. The van der Waals surface area contributed by atoms with Crippen molar-refractivity contribution in [3.05, 3.63) is 48.6 Å². The Morgan fingerprint density at radius 3 is 2.35 bits per heavy atom. The van der Waals surface area contributed by atoms with Gasteiger partial charge in [-0.05, 0) is 37.6 Å². The molecule has 11 nitrogen and oxygen atoms in total. The number of aliphatic hydroxyl groups is 1. The van der Waals surface area contributed by atoms with Gasteiger partial charge in [0.05, 0.1) is 43.9 Å². The quantitative estimate of drug-likeness (QED) is 0.423. The van der Waals surface area contributed by atoms with Gasteiger partial charge in [0.25, 0.3) is 0 Å². The lowest BCUT2D eigenvalue weighted by atomic mass is 9.73. The van der Waals surface area contributed by atoms with E-state index in [0.717, 1.165) is 13.1 Å². The van der Waals surface area contributed by atoms with Gasteiger partial charge in [0.1, 0.15) is 17.4 Å². The fraction of sp³-hybridized carbons (Fsp3) is 0.594. The second-order valence-corrected chi connectivity index (χ2v) is 11.8. The molecule has 5 heterocycles. The lowest BCUT2D eigenvalue weighted by Crippen LogP contribution is -2.57. The van der Waals surface area contributed by atoms with E-state index < -0.39 is 29.1 Å². The third kappa shape index (κ3) is 4.96. The molecule has 5 atom stereocenters. The van der Waals surface area contributed by atoms with E-state index in [9.17, 15) is 19.5 Å². The number of amides is 3. The number of nitrogens with zero attached hydrogens (tertiary/aromatic N) is 4. The standard InChI is InChI=1S/C32H42N4O7/c1-3-31-11-5-14-35(23-7-9-24(10-8-23)42-4-2)28(38)25(31)26-29(39)36(17-20-37)27-30(40)34(13-6-12-32(26,27)43-31)16-15-33-18-21-41-22-19-33/h5-12,25-27,37H,3-4,13-22H2,1-2H3/t25-,26-,27?,31+,32-/m0/s1. The summed E-state index contributed by atoms with van der Waals surface area (Å²) in [5.41, 5.74) is -1.70. The van der Waals surface area contributed by atoms with Gasteiger partial charge in [0, 0.05) is 51.5 Å². The van der Waals surface area contributed by atoms with Crippen molar-refractivity contribution in [2.45, 2.75) is 37.5 Å². The molecule has 43 heavy (non-hydrogen) atoms. The second-order valence-electron chi connectivity index (χ2n) is 11.8. The van der Waals surface area contributed by atoms with Crippen molar-refractivity contribution in [2.75, 3.05) is 77.1 Å². The van der Waals surface area contributed by atoms with Gasteiger partial charge >= 0.3 is 0 Å². The number of carbonyl (C=O) groups excluding carboxylic acids is 3. The van der Waals surface area contributed by atoms with Gasteiger partial charge < -0.3 is 34.0 Å². The Morgan fingerprint density at radius 2 is 1.65 bits per heavy atom. The number of rotatable bonds is 9. The molecular weight excluding hydrogens is 552 g/mol. The number of hydrogen-bond donors (Lipinski definition) is 1. The highest BCUT2D eigenvalue weighted by molar-refractivity contribution is 6.04. The first-order chi connectivity index (χ1) is 20.9. The number of ether oxygens (including phenoxy) is 3. The van der Waals surface area contributed by atoms with Crippen LogP contribution in [0.25, 0.3) is 0 Å². The van der Waals surface area contributed by atoms with Crippen LogP contribution in [-0.4, -0.2) is 127 Å². The lowest BCUT2D eigenvalue weighted by molar-refractivity contribution is -0.152. The van der Waals surface area contributed by atoms with Crippen LogP contribution in [0.2, 0.25) is 0 Å². The Labute approximate surface area is 252 Å². The highest BCUT2D eigenvalue weighted by atomic mass is 16.5. The van der Waals surface area contributed by atoms with Gasteiger partial charge in [0.2, 0.25) is 17.7 Å². The van der Waals surface area contributed by atoms with E-state index in [0.29, 0.717) is 63.9 Å². The van der Waals surface area contributed by atoms with E-state index in [1.807, 2.05) is 62.4 Å². The number of fused-ring (bicyclic) bond motifs is 2. The van der Waals surface area contributed by atoms with Gasteiger partial charge in [0.15, 0.2) is 0 Å². The Kier molecular flexibility index (Phi) is 8.34. The predicted octanol–water partition coefficient (Wildman–Crippen LogP) is 1.07. The average Bonchev–Trinajstić information content (AvgIpc) is 3.30. The smallest absolute Gasteiger partial charge is 0.249 e. The van der Waals surface area contributed by atoms with E-state index in [1.54, 1.807) is 9.80 Å². The predicted molar refractivity (Wildman–Crippen MR) is 158 cm³/mol. The highest BCUT2D eigenvalue weighted by Crippen LogP contribution is 2.58. The summed E-state index contributed by atoms with van der Waals surface area (Å²) in [6.45, 7) is 8.96. The lowest BCUT2D eigenvalue weighted by Gasteiger charge is -2.38.